The Kier molecular flexibility index (Phi) is 6.37. The molecule has 0 aliphatic heterocycles. The molecule has 0 saturated heterocycles. The largest absolute Gasteiger partial charge is 0.471 e. The van der Waals surface area contributed by atoms with Crippen molar-refractivity contribution in [3.05, 3.63) is 51.7 Å². The maximum Gasteiger partial charge on any atom is 0.435 e. The Balaban J connectivity index is 2.23. The number of alkyl halides is 3. The van der Waals surface area contributed by atoms with Crippen LogP contribution in [0.1, 0.15) is 24.6 Å². The molecule has 1 heterocycles. The predicted molar refractivity (Wildman–Crippen MR) is 89.6 cm³/mol. The second kappa shape index (κ2) is 8.52. The van der Waals surface area contributed by atoms with E-state index in [1.54, 1.807) is 6.07 Å². The molecule has 146 valence electrons. The zero-order chi connectivity index (χ0) is 20.0. The van der Waals surface area contributed by atoms with E-state index in [4.69, 9.17) is 9.57 Å². The van der Waals surface area contributed by atoms with Crippen molar-refractivity contribution in [1.82, 2.24) is 9.78 Å². The minimum atomic E-state index is -4.60. The third-order valence-corrected chi connectivity index (χ3v) is 3.34. The number of hydrogen-bond donors (Lipinski definition) is 0. The SMILES string of the molecule is CCCON=C(COc1cc(C(F)(F)F)nn1C)c1cccc([N+](=O)[O-])c1. The molecule has 1 aromatic carbocycles. The van der Waals surface area contributed by atoms with Crippen molar-refractivity contribution < 1.29 is 27.7 Å². The zero-order valence-corrected chi connectivity index (χ0v) is 14.6. The maximum absolute atomic E-state index is 12.7. The summed E-state index contributed by atoms with van der Waals surface area (Å²) in [5.74, 6) is -0.129. The summed E-state index contributed by atoms with van der Waals surface area (Å²) in [6, 6.07) is 6.38. The summed E-state index contributed by atoms with van der Waals surface area (Å²) < 4.78 is 44.5. The van der Waals surface area contributed by atoms with Gasteiger partial charge in [0.05, 0.1) is 4.92 Å². The molecular weight excluding hydrogens is 369 g/mol. The number of aromatic nitrogens is 2. The monoisotopic (exact) mass is 386 g/mol. The average molecular weight is 386 g/mol. The van der Waals surface area contributed by atoms with Gasteiger partial charge in [-0.15, -0.1) is 0 Å². The van der Waals surface area contributed by atoms with Crippen LogP contribution < -0.4 is 4.74 Å². The lowest BCUT2D eigenvalue weighted by Gasteiger charge is -2.09. The molecule has 11 heteroatoms. The predicted octanol–water partition coefficient (Wildman–Crippen LogP) is 3.56. The third kappa shape index (κ3) is 5.43. The molecule has 27 heavy (non-hydrogen) atoms. The quantitative estimate of drug-likeness (QED) is 0.299. The highest BCUT2D eigenvalue weighted by Crippen LogP contribution is 2.30. The Morgan fingerprint density at radius 3 is 2.70 bits per heavy atom. The van der Waals surface area contributed by atoms with Crippen molar-refractivity contribution in [3.63, 3.8) is 0 Å². The van der Waals surface area contributed by atoms with E-state index in [1.165, 1.54) is 25.2 Å². The smallest absolute Gasteiger partial charge is 0.435 e. The molecule has 0 fully saturated rings. The molecule has 0 bridgehead atoms. The van der Waals surface area contributed by atoms with Gasteiger partial charge in [0, 0.05) is 30.8 Å². The Morgan fingerprint density at radius 2 is 2.11 bits per heavy atom. The second-order valence-corrected chi connectivity index (χ2v) is 5.46. The van der Waals surface area contributed by atoms with Gasteiger partial charge in [-0.25, -0.2) is 4.68 Å². The lowest BCUT2D eigenvalue weighted by molar-refractivity contribution is -0.384. The minimum absolute atomic E-state index is 0.129. The lowest BCUT2D eigenvalue weighted by Crippen LogP contribution is -2.15. The first-order chi connectivity index (χ1) is 12.7. The highest BCUT2D eigenvalue weighted by molar-refractivity contribution is 6.01. The molecule has 0 atom stereocenters. The van der Waals surface area contributed by atoms with E-state index in [9.17, 15) is 23.3 Å². The van der Waals surface area contributed by atoms with Crippen LogP contribution in [0.4, 0.5) is 18.9 Å². The van der Waals surface area contributed by atoms with Gasteiger partial charge in [-0.3, -0.25) is 10.1 Å². The van der Waals surface area contributed by atoms with Crippen molar-refractivity contribution in [2.75, 3.05) is 13.2 Å². The lowest BCUT2D eigenvalue weighted by atomic mass is 10.1. The van der Waals surface area contributed by atoms with E-state index in [-0.39, 0.29) is 23.9 Å². The molecule has 0 amide bonds. The number of oxime groups is 1. The number of nitro groups is 1. The van der Waals surface area contributed by atoms with Crippen molar-refractivity contribution in [2.24, 2.45) is 12.2 Å². The molecule has 1 aromatic heterocycles. The van der Waals surface area contributed by atoms with Crippen LogP contribution in [-0.2, 0) is 18.1 Å². The van der Waals surface area contributed by atoms with Gasteiger partial charge >= 0.3 is 6.18 Å². The number of nitro benzene ring substituents is 1. The molecule has 8 nitrogen and oxygen atoms in total. The molecule has 0 N–H and O–H groups in total. The number of nitrogens with zero attached hydrogens (tertiary/aromatic N) is 4. The van der Waals surface area contributed by atoms with Crippen LogP contribution in [0.25, 0.3) is 0 Å². The summed E-state index contributed by atoms with van der Waals surface area (Å²) in [4.78, 5) is 15.5. The van der Waals surface area contributed by atoms with Crippen LogP contribution in [0.2, 0.25) is 0 Å². The van der Waals surface area contributed by atoms with E-state index >= 15 is 0 Å². The highest BCUT2D eigenvalue weighted by atomic mass is 19.4. The Morgan fingerprint density at radius 1 is 1.37 bits per heavy atom. The molecule has 0 saturated carbocycles. The third-order valence-electron chi connectivity index (χ3n) is 3.34. The number of hydrogen-bond acceptors (Lipinski definition) is 6. The first kappa shape index (κ1) is 20.2. The summed E-state index contributed by atoms with van der Waals surface area (Å²) in [5, 5.41) is 18.2. The highest BCUT2D eigenvalue weighted by Gasteiger charge is 2.35. The van der Waals surface area contributed by atoms with Gasteiger partial charge in [0.1, 0.15) is 18.9 Å². The van der Waals surface area contributed by atoms with Crippen molar-refractivity contribution in [1.29, 1.82) is 0 Å². The Hall–Kier alpha value is -3.11. The van der Waals surface area contributed by atoms with E-state index in [0.29, 0.717) is 18.6 Å². The van der Waals surface area contributed by atoms with Gasteiger partial charge in [0.25, 0.3) is 5.69 Å². The molecule has 0 unspecified atom stereocenters. The molecule has 0 spiro atoms. The van der Waals surface area contributed by atoms with Gasteiger partial charge in [0.2, 0.25) is 5.88 Å². The van der Waals surface area contributed by atoms with Crippen LogP contribution in [0.3, 0.4) is 0 Å². The van der Waals surface area contributed by atoms with Gasteiger partial charge in [0.15, 0.2) is 5.69 Å². The van der Waals surface area contributed by atoms with Crippen molar-refractivity contribution in [2.45, 2.75) is 19.5 Å². The number of halogens is 3. The molecule has 2 rings (SSSR count). The maximum atomic E-state index is 12.7. The first-order valence-corrected chi connectivity index (χ1v) is 7.90. The zero-order valence-electron chi connectivity index (χ0n) is 14.6. The topological polar surface area (TPSA) is 91.8 Å². The number of benzene rings is 1. The number of aryl methyl sites for hydroxylation is 1. The molecule has 0 aliphatic carbocycles. The Bertz CT molecular complexity index is 833. The average Bonchev–Trinajstić information content (AvgIpc) is 2.99. The van der Waals surface area contributed by atoms with Crippen molar-refractivity contribution >= 4 is 11.4 Å². The van der Waals surface area contributed by atoms with Crippen molar-refractivity contribution in [3.8, 4) is 5.88 Å². The van der Waals surface area contributed by atoms with Crippen LogP contribution >= 0.6 is 0 Å². The fourth-order valence-corrected chi connectivity index (χ4v) is 2.04. The minimum Gasteiger partial charge on any atom is -0.471 e. The van der Waals surface area contributed by atoms with Gasteiger partial charge in [-0.05, 0) is 6.42 Å². The van der Waals surface area contributed by atoms with E-state index in [0.717, 1.165) is 10.7 Å². The number of rotatable bonds is 8. The molecular formula is C16H17F3N4O4. The molecule has 0 radical (unpaired) electrons. The summed E-state index contributed by atoms with van der Waals surface area (Å²) in [5.41, 5.74) is -0.688. The summed E-state index contributed by atoms with van der Waals surface area (Å²) in [6.07, 6.45) is -3.91. The van der Waals surface area contributed by atoms with Crippen LogP contribution in [0.5, 0.6) is 5.88 Å². The number of ether oxygens (including phenoxy) is 1. The second-order valence-electron chi connectivity index (χ2n) is 5.46. The standard InChI is InChI=1S/C16H17F3N4O4/c1-3-7-27-21-13(11-5-4-6-12(8-11)23(24)25)10-26-15-9-14(16(17,18)19)20-22(15)2/h4-6,8-9H,3,7,10H2,1-2H3. The first-order valence-electron chi connectivity index (χ1n) is 7.90. The number of non-ortho nitro benzene ring substituents is 1. The van der Waals surface area contributed by atoms with E-state index < -0.39 is 16.8 Å². The van der Waals surface area contributed by atoms with Gasteiger partial charge in [-0.1, -0.05) is 24.2 Å². The van der Waals surface area contributed by atoms with Gasteiger partial charge < -0.3 is 9.57 Å². The Labute approximate surface area is 152 Å². The van der Waals surface area contributed by atoms with E-state index in [1.807, 2.05) is 6.92 Å². The fraction of sp³-hybridized carbons (Fsp3) is 0.375. The summed E-state index contributed by atoms with van der Waals surface area (Å²) >= 11 is 0. The van der Waals surface area contributed by atoms with Crippen LogP contribution in [0, 0.1) is 10.1 Å². The molecule has 2 aromatic rings. The van der Waals surface area contributed by atoms with Crippen LogP contribution in [0.15, 0.2) is 35.5 Å². The normalized spacial score (nSPS) is 12.1. The summed E-state index contributed by atoms with van der Waals surface area (Å²) in [6.45, 7) is 1.91. The van der Waals surface area contributed by atoms with Gasteiger partial charge in [-0.2, -0.15) is 18.3 Å². The van der Waals surface area contributed by atoms with Crippen LogP contribution in [-0.4, -0.2) is 33.6 Å². The molecule has 0 aliphatic rings. The fourth-order valence-electron chi connectivity index (χ4n) is 2.04. The van der Waals surface area contributed by atoms with E-state index in [2.05, 4.69) is 10.3 Å². The summed E-state index contributed by atoms with van der Waals surface area (Å²) in [7, 11) is 1.31.